The van der Waals surface area contributed by atoms with E-state index in [-0.39, 0.29) is 18.7 Å². The van der Waals surface area contributed by atoms with E-state index < -0.39 is 0 Å². The Morgan fingerprint density at radius 3 is 2.76 bits per heavy atom. The second-order valence-corrected chi connectivity index (χ2v) is 8.26. The maximum Gasteiger partial charge on any atom is 0.231 e. The van der Waals surface area contributed by atoms with Gasteiger partial charge in [0.05, 0.1) is 6.04 Å². The molecule has 0 unspecified atom stereocenters. The normalized spacial score (nSPS) is 19.1. The number of nitrogens with one attached hydrogen (secondary N) is 1. The summed E-state index contributed by atoms with van der Waals surface area (Å²) in [6.45, 7) is 6.89. The zero-order valence-electron chi connectivity index (χ0n) is 17.3. The first-order chi connectivity index (χ1) is 14.1. The highest BCUT2D eigenvalue weighted by molar-refractivity contribution is 5.76. The number of carbonyl (C=O) groups is 1. The molecule has 1 amide bonds. The van der Waals surface area contributed by atoms with Crippen molar-refractivity contribution < 1.29 is 14.3 Å². The van der Waals surface area contributed by atoms with Crippen LogP contribution in [0.2, 0.25) is 0 Å². The van der Waals surface area contributed by atoms with E-state index in [9.17, 15) is 4.79 Å². The Balaban J connectivity index is 1.28. The van der Waals surface area contributed by atoms with Gasteiger partial charge < -0.3 is 19.7 Å². The van der Waals surface area contributed by atoms with Crippen molar-refractivity contribution in [2.45, 2.75) is 45.6 Å². The van der Waals surface area contributed by atoms with E-state index in [2.05, 4.69) is 41.4 Å². The number of rotatable bonds is 6. The van der Waals surface area contributed by atoms with Crippen molar-refractivity contribution >= 4 is 11.6 Å². The Bertz CT molecular complexity index is 850. The number of benzene rings is 2. The number of fused-ring (bicyclic) bond motifs is 1. The van der Waals surface area contributed by atoms with Gasteiger partial charge in [-0.25, -0.2) is 0 Å². The van der Waals surface area contributed by atoms with Crippen LogP contribution >= 0.6 is 0 Å². The molecule has 1 fully saturated rings. The number of ether oxygens (including phenoxy) is 2. The number of hydrogen-bond donors (Lipinski definition) is 1. The molecule has 5 nitrogen and oxygen atoms in total. The van der Waals surface area contributed by atoms with Gasteiger partial charge in [-0.2, -0.15) is 0 Å². The van der Waals surface area contributed by atoms with Crippen LogP contribution in [0.1, 0.15) is 50.3 Å². The van der Waals surface area contributed by atoms with Gasteiger partial charge in [0.2, 0.25) is 12.7 Å². The van der Waals surface area contributed by atoms with Gasteiger partial charge in [0.25, 0.3) is 0 Å². The maximum atomic E-state index is 12.4. The molecule has 5 heteroatoms. The van der Waals surface area contributed by atoms with Gasteiger partial charge in [-0.15, -0.1) is 0 Å². The van der Waals surface area contributed by atoms with Gasteiger partial charge in [-0.05, 0) is 67.5 Å². The molecule has 0 saturated carbocycles. The molecule has 0 spiro atoms. The van der Waals surface area contributed by atoms with Crippen molar-refractivity contribution in [3.05, 3.63) is 53.6 Å². The van der Waals surface area contributed by atoms with Gasteiger partial charge in [0.15, 0.2) is 11.5 Å². The molecule has 2 aromatic carbocycles. The summed E-state index contributed by atoms with van der Waals surface area (Å²) in [5.41, 5.74) is 3.49. The molecule has 2 atom stereocenters. The molecular formula is C24H30N2O3. The van der Waals surface area contributed by atoms with Crippen LogP contribution in [0.4, 0.5) is 5.69 Å². The number of nitrogens with zero attached hydrogens (tertiary/aromatic N) is 1. The van der Waals surface area contributed by atoms with Crippen LogP contribution in [0.3, 0.4) is 0 Å². The van der Waals surface area contributed by atoms with Crippen LogP contribution in [-0.2, 0) is 11.2 Å². The second-order valence-electron chi connectivity index (χ2n) is 8.26. The zero-order chi connectivity index (χ0) is 20.2. The van der Waals surface area contributed by atoms with E-state index in [1.165, 1.54) is 18.5 Å². The van der Waals surface area contributed by atoms with E-state index in [0.29, 0.717) is 12.8 Å². The molecular weight excluding hydrogens is 364 g/mol. The molecule has 154 valence electrons. The summed E-state index contributed by atoms with van der Waals surface area (Å²) in [7, 11) is 0. The van der Waals surface area contributed by atoms with Gasteiger partial charge >= 0.3 is 0 Å². The van der Waals surface area contributed by atoms with E-state index in [0.717, 1.165) is 41.6 Å². The predicted molar refractivity (Wildman–Crippen MR) is 114 cm³/mol. The SMILES string of the molecule is C[C@@H]1CCCN(c2ccc([C@@H](C)NC(=O)CCc3ccc4c(c3)OCO4)cc2)C1. The Kier molecular flexibility index (Phi) is 5.93. The maximum absolute atomic E-state index is 12.4. The lowest BCUT2D eigenvalue weighted by Crippen LogP contribution is -2.34. The first kappa shape index (κ1) is 19.6. The quantitative estimate of drug-likeness (QED) is 0.786. The molecule has 2 aromatic rings. The molecule has 2 aliphatic rings. The van der Waals surface area contributed by atoms with Crippen molar-refractivity contribution in [2.24, 2.45) is 5.92 Å². The van der Waals surface area contributed by atoms with Gasteiger partial charge in [-0.1, -0.05) is 25.1 Å². The summed E-state index contributed by atoms with van der Waals surface area (Å²) < 4.78 is 10.7. The zero-order valence-corrected chi connectivity index (χ0v) is 17.3. The fourth-order valence-electron chi connectivity index (χ4n) is 4.15. The number of anilines is 1. The molecule has 2 aliphatic heterocycles. The largest absolute Gasteiger partial charge is 0.454 e. The fourth-order valence-corrected chi connectivity index (χ4v) is 4.15. The van der Waals surface area contributed by atoms with Crippen LogP contribution in [-0.4, -0.2) is 25.8 Å². The van der Waals surface area contributed by atoms with Gasteiger partial charge in [-0.3, -0.25) is 4.79 Å². The fraction of sp³-hybridized carbons (Fsp3) is 0.458. The summed E-state index contributed by atoms with van der Waals surface area (Å²) in [5, 5.41) is 3.12. The molecule has 0 radical (unpaired) electrons. The van der Waals surface area contributed by atoms with Crippen LogP contribution in [0, 0.1) is 5.92 Å². The van der Waals surface area contributed by atoms with E-state index >= 15 is 0 Å². The minimum absolute atomic E-state index is 0.00594. The monoisotopic (exact) mass is 394 g/mol. The second kappa shape index (κ2) is 8.76. The van der Waals surface area contributed by atoms with Crippen molar-refractivity contribution in [1.29, 1.82) is 0 Å². The Labute approximate surface area is 173 Å². The van der Waals surface area contributed by atoms with Gasteiger partial charge in [0.1, 0.15) is 0 Å². The number of piperidine rings is 1. The van der Waals surface area contributed by atoms with Crippen LogP contribution in [0.25, 0.3) is 0 Å². The lowest BCUT2D eigenvalue weighted by atomic mass is 9.99. The van der Waals surface area contributed by atoms with Crippen LogP contribution in [0.15, 0.2) is 42.5 Å². The Morgan fingerprint density at radius 1 is 1.17 bits per heavy atom. The average molecular weight is 395 g/mol. The van der Waals surface area contributed by atoms with Crippen molar-refractivity contribution in [1.82, 2.24) is 5.32 Å². The molecule has 1 saturated heterocycles. The summed E-state index contributed by atoms with van der Waals surface area (Å²) in [6, 6.07) is 14.5. The lowest BCUT2D eigenvalue weighted by molar-refractivity contribution is -0.121. The van der Waals surface area contributed by atoms with Crippen molar-refractivity contribution in [3.8, 4) is 11.5 Å². The van der Waals surface area contributed by atoms with Crippen molar-refractivity contribution in [2.75, 3.05) is 24.8 Å². The number of hydrogen-bond acceptors (Lipinski definition) is 4. The minimum Gasteiger partial charge on any atom is -0.454 e. The highest BCUT2D eigenvalue weighted by atomic mass is 16.7. The molecule has 0 aliphatic carbocycles. The number of carbonyl (C=O) groups excluding carboxylic acids is 1. The molecule has 1 N–H and O–H groups in total. The summed E-state index contributed by atoms with van der Waals surface area (Å²) >= 11 is 0. The van der Waals surface area contributed by atoms with E-state index in [1.807, 2.05) is 25.1 Å². The lowest BCUT2D eigenvalue weighted by Gasteiger charge is -2.33. The highest BCUT2D eigenvalue weighted by Crippen LogP contribution is 2.32. The van der Waals surface area contributed by atoms with E-state index in [1.54, 1.807) is 0 Å². The summed E-state index contributed by atoms with van der Waals surface area (Å²) in [4.78, 5) is 14.9. The van der Waals surface area contributed by atoms with Gasteiger partial charge in [0, 0.05) is 25.2 Å². The minimum atomic E-state index is -0.00594. The average Bonchev–Trinajstić information content (AvgIpc) is 3.20. The molecule has 2 heterocycles. The molecule has 0 bridgehead atoms. The third kappa shape index (κ3) is 4.84. The van der Waals surface area contributed by atoms with Crippen molar-refractivity contribution in [3.63, 3.8) is 0 Å². The number of amides is 1. The summed E-state index contributed by atoms with van der Waals surface area (Å²) in [5.74, 6) is 2.35. The molecule has 4 rings (SSSR count). The number of aryl methyl sites for hydroxylation is 1. The third-order valence-electron chi connectivity index (χ3n) is 5.87. The topological polar surface area (TPSA) is 50.8 Å². The first-order valence-corrected chi connectivity index (χ1v) is 10.6. The highest BCUT2D eigenvalue weighted by Gasteiger charge is 2.17. The van der Waals surface area contributed by atoms with Crippen LogP contribution < -0.4 is 19.7 Å². The first-order valence-electron chi connectivity index (χ1n) is 10.6. The Hall–Kier alpha value is -2.69. The summed E-state index contributed by atoms with van der Waals surface area (Å²) in [6.07, 6.45) is 3.72. The predicted octanol–water partition coefficient (Wildman–Crippen LogP) is 4.46. The molecule has 0 aromatic heterocycles. The van der Waals surface area contributed by atoms with Crippen LogP contribution in [0.5, 0.6) is 11.5 Å². The third-order valence-corrected chi connectivity index (χ3v) is 5.87. The Morgan fingerprint density at radius 2 is 1.97 bits per heavy atom. The molecule has 29 heavy (non-hydrogen) atoms. The smallest absolute Gasteiger partial charge is 0.231 e. The standard InChI is InChI=1S/C24H30N2O3/c1-17-4-3-13-26(15-17)21-9-7-20(8-10-21)18(2)25-24(27)12-6-19-5-11-22-23(14-19)29-16-28-22/h5,7-11,14,17-18H,3-4,6,12-13,15-16H2,1-2H3,(H,25,27)/t17-,18-/m1/s1. The van der Waals surface area contributed by atoms with E-state index in [4.69, 9.17) is 9.47 Å².